The van der Waals surface area contributed by atoms with E-state index in [0.29, 0.717) is 3.12 Å². The van der Waals surface area contributed by atoms with Crippen LogP contribution < -0.4 is 0 Å². The molecule has 3 heteroatoms. The Hall–Kier alpha value is 0.380. The molecule has 0 aliphatic heterocycles. The summed E-state index contributed by atoms with van der Waals surface area (Å²) in [4.78, 5) is 0. The molecule has 1 aliphatic rings. The first-order valence-corrected chi connectivity index (χ1v) is 16.6. The molecule has 0 unspecified atom stereocenters. The Morgan fingerprint density at radius 2 is 1.72 bits per heavy atom. The van der Waals surface area contributed by atoms with E-state index in [1.165, 1.54) is 0 Å². The van der Waals surface area contributed by atoms with Gasteiger partial charge < -0.3 is 2.85 Å². The fourth-order valence-electron chi connectivity index (χ4n) is 3.01. The molecule has 0 bridgehead atoms. The minimum Gasteiger partial charge on any atom is -1.00 e. The molecule has 0 fully saturated rings. The Kier molecular flexibility index (Phi) is 5.29. The van der Waals surface area contributed by atoms with E-state index in [1.807, 2.05) is 0 Å². The van der Waals surface area contributed by atoms with E-state index in [1.54, 1.807) is 5.70 Å². The molecular weight excluding hydrogens is 313 g/mol. The SMILES string of the molecule is C[SiH](C)[Zr+2]([N](C1=CC=CC1)C(C)(C)C)[C](C)(C)C.[H-].[H-]. The molecule has 0 heterocycles. The topological polar surface area (TPSA) is 3.24 Å². The zero-order valence-electron chi connectivity index (χ0n) is 15.5. The van der Waals surface area contributed by atoms with E-state index in [4.69, 9.17) is 0 Å². The molecule has 0 amide bonds. The van der Waals surface area contributed by atoms with E-state index >= 15 is 0 Å². The van der Waals surface area contributed by atoms with Gasteiger partial charge in [0.1, 0.15) is 0 Å². The van der Waals surface area contributed by atoms with Gasteiger partial charge in [-0.25, -0.2) is 0 Å². The minimum atomic E-state index is -1.60. The third-order valence-corrected chi connectivity index (χ3v) is 26.4. The zero-order valence-corrected chi connectivity index (χ0v) is 17.1. The van der Waals surface area contributed by atoms with E-state index in [-0.39, 0.29) is 8.39 Å². The summed E-state index contributed by atoms with van der Waals surface area (Å²) in [7, 11) is 0. The molecule has 18 heavy (non-hydrogen) atoms. The summed E-state index contributed by atoms with van der Waals surface area (Å²) in [5.74, 6) is -0.570. The van der Waals surface area contributed by atoms with Crippen LogP contribution in [0.4, 0.5) is 0 Å². The molecule has 0 saturated heterocycles. The predicted molar refractivity (Wildman–Crippen MR) is 84.2 cm³/mol. The monoisotopic (exact) mass is 344 g/mol. The number of allylic oxidation sites excluding steroid dienone is 3. The average Bonchev–Trinajstić information content (AvgIpc) is 2.61. The van der Waals surface area contributed by atoms with E-state index in [0.717, 1.165) is 6.42 Å². The van der Waals surface area contributed by atoms with Gasteiger partial charge in [0.15, 0.2) is 0 Å². The molecule has 0 spiro atoms. The van der Waals surface area contributed by atoms with Gasteiger partial charge in [0, 0.05) is 0 Å². The van der Waals surface area contributed by atoms with Crippen LogP contribution in [-0.2, 0) is 21.2 Å². The Bertz CT molecular complexity index is 354. The van der Waals surface area contributed by atoms with Gasteiger partial charge >= 0.3 is 124 Å². The van der Waals surface area contributed by atoms with Crippen molar-refractivity contribution in [2.45, 2.75) is 69.7 Å². The van der Waals surface area contributed by atoms with Gasteiger partial charge in [-0.3, -0.25) is 0 Å². The van der Waals surface area contributed by atoms with Gasteiger partial charge in [-0.15, -0.1) is 0 Å². The molecule has 0 N–H and O–H groups in total. The standard InChI is InChI=1S/C9H14N.C4H9.C2H7Si.Zr.2H/c1-9(2,3)10-8-6-4-5-7-8;1-4(2)3;1-3-2;;;/h4-6H,7H2,1-3H3;1-3H3;3H,1-2H3;;;/q-1;;;+3;2*-1. The van der Waals surface area contributed by atoms with Gasteiger partial charge in [0.2, 0.25) is 0 Å². The normalized spacial score (nSPS) is 16.2. The van der Waals surface area contributed by atoms with E-state index in [2.05, 4.69) is 75.7 Å². The fourth-order valence-corrected chi connectivity index (χ4v) is 29.7. The third kappa shape index (κ3) is 3.93. The van der Waals surface area contributed by atoms with Crippen molar-refractivity contribution < 1.29 is 24.1 Å². The Morgan fingerprint density at radius 1 is 1.17 bits per heavy atom. The summed E-state index contributed by atoms with van der Waals surface area (Å²) >= 11 is -1.60. The van der Waals surface area contributed by atoms with Crippen LogP contribution in [-0.4, -0.2) is 14.3 Å². The summed E-state index contributed by atoms with van der Waals surface area (Å²) < 4.78 is 3.45. The smallest absolute Gasteiger partial charge is 1.00 e. The first kappa shape index (κ1) is 16.4. The Balaban J connectivity index is 0. The Labute approximate surface area is 126 Å². The van der Waals surface area contributed by atoms with Crippen LogP contribution in [0, 0.1) is 0 Å². The van der Waals surface area contributed by atoms with Crippen LogP contribution in [0.15, 0.2) is 23.9 Å². The maximum Gasteiger partial charge on any atom is -1.00 e. The largest absolute Gasteiger partial charge is 1.00 e. The molecule has 1 nitrogen and oxygen atoms in total. The van der Waals surface area contributed by atoms with Crippen LogP contribution >= 0.6 is 0 Å². The van der Waals surface area contributed by atoms with Crippen molar-refractivity contribution in [1.82, 2.24) is 2.84 Å². The fraction of sp³-hybridized carbons (Fsp3) is 0.733. The molecule has 0 atom stereocenters. The zero-order chi connectivity index (χ0) is 14.1. The van der Waals surface area contributed by atoms with Crippen molar-refractivity contribution >= 4 is 5.92 Å². The summed E-state index contributed by atoms with van der Waals surface area (Å²) in [6, 6.07) is 0. The second-order valence-corrected chi connectivity index (χ2v) is 28.3. The van der Waals surface area contributed by atoms with Crippen LogP contribution in [0.2, 0.25) is 16.2 Å². The van der Waals surface area contributed by atoms with Crippen molar-refractivity contribution in [2.75, 3.05) is 0 Å². The van der Waals surface area contributed by atoms with Gasteiger partial charge in [-0.1, -0.05) is 0 Å². The summed E-state index contributed by atoms with van der Waals surface area (Å²) in [5.41, 5.74) is 1.88. The third-order valence-electron chi connectivity index (χ3n) is 3.27. The number of hydrogen-bond acceptors (Lipinski definition) is 1. The second-order valence-electron chi connectivity index (χ2n) is 7.59. The second kappa shape index (κ2) is 5.79. The van der Waals surface area contributed by atoms with Gasteiger partial charge in [-0.2, -0.15) is 0 Å². The first-order valence-electron chi connectivity index (χ1n) is 7.08. The molecule has 105 valence electrons. The minimum absolute atomic E-state index is 0. The summed E-state index contributed by atoms with van der Waals surface area (Å²) in [6.07, 6.45) is 8.05. The molecule has 0 aromatic carbocycles. The number of rotatable bonds is 3. The number of hydrogen-bond donors (Lipinski definition) is 0. The molecule has 0 aromatic heterocycles. The van der Waals surface area contributed by atoms with Crippen LogP contribution in [0.1, 0.15) is 50.8 Å². The molecule has 0 radical (unpaired) electrons. The first-order chi connectivity index (χ1) is 8.05. The molecule has 1 aliphatic carbocycles. The summed E-state index contributed by atoms with van der Waals surface area (Å²) in [6.45, 7) is 19.8. The molecule has 0 aromatic rings. The average molecular weight is 346 g/mol. The predicted octanol–water partition coefficient (Wildman–Crippen LogP) is 4.89. The van der Waals surface area contributed by atoms with Crippen molar-refractivity contribution in [2.24, 2.45) is 0 Å². The maximum absolute atomic E-state index is 2.91. The molecule has 1 rings (SSSR count). The maximum atomic E-state index is 2.91. The van der Waals surface area contributed by atoms with Gasteiger partial charge in [0.05, 0.1) is 0 Å². The number of nitrogens with zero attached hydrogens (tertiary/aromatic N) is 1. The van der Waals surface area contributed by atoms with Crippen molar-refractivity contribution in [1.29, 1.82) is 0 Å². The van der Waals surface area contributed by atoms with Crippen molar-refractivity contribution in [3.8, 4) is 0 Å². The van der Waals surface area contributed by atoms with Crippen molar-refractivity contribution in [3.63, 3.8) is 0 Å². The van der Waals surface area contributed by atoms with Crippen LogP contribution in [0.3, 0.4) is 0 Å². The van der Waals surface area contributed by atoms with Crippen LogP contribution in [0.25, 0.3) is 0 Å². The summed E-state index contributed by atoms with van der Waals surface area (Å²) in [5, 5.41) is 0. The van der Waals surface area contributed by atoms with E-state index in [9.17, 15) is 0 Å². The van der Waals surface area contributed by atoms with Gasteiger partial charge in [0.25, 0.3) is 0 Å². The van der Waals surface area contributed by atoms with E-state index < -0.39 is 27.1 Å². The van der Waals surface area contributed by atoms with Crippen LogP contribution in [0.5, 0.6) is 0 Å². The van der Waals surface area contributed by atoms with Gasteiger partial charge in [-0.05, 0) is 0 Å². The Morgan fingerprint density at radius 3 is 2.00 bits per heavy atom. The molecular formula is C15H32NSiZr. The molecule has 0 saturated carbocycles. The quantitative estimate of drug-likeness (QED) is 0.658. The van der Waals surface area contributed by atoms with Crippen molar-refractivity contribution in [3.05, 3.63) is 23.9 Å².